The van der Waals surface area contributed by atoms with Crippen molar-refractivity contribution in [1.82, 2.24) is 9.97 Å². The van der Waals surface area contributed by atoms with Crippen LogP contribution in [0.1, 0.15) is 18.5 Å². The van der Waals surface area contributed by atoms with E-state index in [1.54, 1.807) is 19.4 Å². The van der Waals surface area contributed by atoms with E-state index in [0.29, 0.717) is 29.4 Å². The highest BCUT2D eigenvalue weighted by Gasteiger charge is 2.52. The molecule has 3 rings (SSSR count). The van der Waals surface area contributed by atoms with Gasteiger partial charge in [0.2, 0.25) is 5.91 Å². The van der Waals surface area contributed by atoms with Crippen molar-refractivity contribution in [3.05, 3.63) is 27.6 Å². The smallest absolute Gasteiger partial charge is 0.229 e. The maximum Gasteiger partial charge on any atom is 0.229 e. The molecule has 0 atom stereocenters. The Kier molecular flexibility index (Phi) is 3.10. The van der Waals surface area contributed by atoms with E-state index in [4.69, 9.17) is 17.3 Å². The van der Waals surface area contributed by atoms with Crippen LogP contribution in [-0.4, -0.2) is 22.9 Å². The third-order valence-electron chi connectivity index (χ3n) is 3.73. The number of fused-ring (bicyclic) bond motifs is 1. The molecule has 0 aliphatic heterocycles. The molecule has 3 N–H and O–H groups in total. The lowest BCUT2D eigenvalue weighted by Gasteiger charge is -2.15. The highest BCUT2D eigenvalue weighted by Crippen LogP contribution is 2.51. The van der Waals surface area contributed by atoms with Crippen molar-refractivity contribution in [2.75, 3.05) is 12.4 Å². The van der Waals surface area contributed by atoms with Crippen LogP contribution >= 0.6 is 27.5 Å². The number of pyridine rings is 2. The van der Waals surface area contributed by atoms with Crippen molar-refractivity contribution in [3.63, 3.8) is 0 Å². The lowest BCUT2D eigenvalue weighted by molar-refractivity contribution is -0.120. The lowest BCUT2D eigenvalue weighted by Crippen LogP contribution is -2.29. The second-order valence-corrected chi connectivity index (χ2v) is 6.09. The van der Waals surface area contributed by atoms with E-state index < -0.39 is 5.41 Å². The standard InChI is InChI=1S/C13H12BrClN4O/c1-17-11-6-4-18-10(13(2-3-13)12(16)20)9(15)8(6)7(14)5-19-11/h4-5H,2-3H2,1H3,(H2,16,20)(H,17,19). The average Bonchev–Trinajstić information content (AvgIpc) is 3.21. The summed E-state index contributed by atoms with van der Waals surface area (Å²) in [7, 11) is 1.78. The molecule has 0 bridgehead atoms. The van der Waals surface area contributed by atoms with Crippen LogP contribution in [0.2, 0.25) is 5.02 Å². The molecule has 1 fully saturated rings. The molecule has 0 unspecified atom stereocenters. The van der Waals surface area contributed by atoms with Crippen molar-refractivity contribution in [2.24, 2.45) is 5.73 Å². The van der Waals surface area contributed by atoms with Crippen LogP contribution in [0, 0.1) is 0 Å². The van der Waals surface area contributed by atoms with Crippen LogP contribution in [0.3, 0.4) is 0 Å². The van der Waals surface area contributed by atoms with Gasteiger partial charge in [0.05, 0.1) is 16.1 Å². The number of amides is 1. The van der Waals surface area contributed by atoms with Crippen LogP contribution in [0.5, 0.6) is 0 Å². The van der Waals surface area contributed by atoms with Crippen molar-refractivity contribution >= 4 is 50.0 Å². The fourth-order valence-electron chi connectivity index (χ4n) is 2.41. The number of anilines is 1. The molecule has 0 aromatic carbocycles. The van der Waals surface area contributed by atoms with Gasteiger partial charge in [-0.25, -0.2) is 4.98 Å². The molecule has 2 heterocycles. The normalized spacial score (nSPS) is 16.1. The molecule has 5 nitrogen and oxygen atoms in total. The fourth-order valence-corrected chi connectivity index (χ4v) is 3.47. The number of halogens is 2. The second-order valence-electron chi connectivity index (χ2n) is 4.86. The summed E-state index contributed by atoms with van der Waals surface area (Å²) in [6, 6.07) is 0. The van der Waals surface area contributed by atoms with Crippen LogP contribution in [0.4, 0.5) is 5.82 Å². The number of carbonyl (C=O) groups is 1. The zero-order valence-electron chi connectivity index (χ0n) is 10.7. The molecule has 1 saturated carbocycles. The molecule has 0 radical (unpaired) electrons. The largest absolute Gasteiger partial charge is 0.373 e. The van der Waals surface area contributed by atoms with Gasteiger partial charge in [-0.05, 0) is 28.8 Å². The number of hydrogen-bond donors (Lipinski definition) is 2. The van der Waals surface area contributed by atoms with Gasteiger partial charge < -0.3 is 11.1 Å². The molecule has 1 amide bonds. The van der Waals surface area contributed by atoms with Crippen LogP contribution in [0.25, 0.3) is 10.8 Å². The number of rotatable bonds is 3. The van der Waals surface area contributed by atoms with E-state index in [2.05, 4.69) is 31.2 Å². The predicted molar refractivity (Wildman–Crippen MR) is 81.9 cm³/mol. The van der Waals surface area contributed by atoms with Gasteiger partial charge in [0.25, 0.3) is 0 Å². The Labute approximate surface area is 129 Å². The monoisotopic (exact) mass is 354 g/mol. The molecule has 2 aromatic heterocycles. The maximum atomic E-state index is 11.7. The molecule has 1 aliphatic rings. The summed E-state index contributed by atoms with van der Waals surface area (Å²) in [6.07, 6.45) is 4.75. The van der Waals surface area contributed by atoms with Gasteiger partial charge in [-0.15, -0.1) is 0 Å². The third-order valence-corrected chi connectivity index (χ3v) is 4.70. The zero-order valence-corrected chi connectivity index (χ0v) is 13.0. The van der Waals surface area contributed by atoms with Gasteiger partial charge in [-0.1, -0.05) is 11.6 Å². The van der Waals surface area contributed by atoms with E-state index in [1.165, 1.54) is 0 Å². The Morgan fingerprint density at radius 1 is 1.45 bits per heavy atom. The average molecular weight is 356 g/mol. The van der Waals surface area contributed by atoms with E-state index in [0.717, 1.165) is 15.2 Å². The van der Waals surface area contributed by atoms with Gasteiger partial charge in [0, 0.05) is 34.7 Å². The number of carbonyl (C=O) groups excluding carboxylic acids is 1. The minimum Gasteiger partial charge on any atom is -0.373 e. The molecule has 20 heavy (non-hydrogen) atoms. The van der Waals surface area contributed by atoms with Crippen LogP contribution in [0.15, 0.2) is 16.9 Å². The van der Waals surface area contributed by atoms with Gasteiger partial charge in [0.15, 0.2) is 0 Å². The van der Waals surface area contributed by atoms with Gasteiger partial charge >= 0.3 is 0 Å². The molecule has 0 saturated heterocycles. The van der Waals surface area contributed by atoms with Crippen LogP contribution in [-0.2, 0) is 10.2 Å². The predicted octanol–water partition coefficient (Wildman–Crippen LogP) is 2.60. The first kappa shape index (κ1) is 13.6. The highest BCUT2D eigenvalue weighted by molar-refractivity contribution is 9.10. The number of nitrogens with one attached hydrogen (secondary N) is 1. The number of nitrogens with two attached hydrogens (primary N) is 1. The topological polar surface area (TPSA) is 80.9 Å². The van der Waals surface area contributed by atoms with Crippen LogP contribution < -0.4 is 11.1 Å². The van der Waals surface area contributed by atoms with Crippen molar-refractivity contribution in [3.8, 4) is 0 Å². The molecule has 104 valence electrons. The van der Waals surface area contributed by atoms with Crippen molar-refractivity contribution in [1.29, 1.82) is 0 Å². The molecular weight excluding hydrogens is 344 g/mol. The summed E-state index contributed by atoms with van der Waals surface area (Å²) in [5.41, 5.74) is 5.36. The van der Waals surface area contributed by atoms with Gasteiger partial charge in [-0.3, -0.25) is 9.78 Å². The number of nitrogens with zero attached hydrogens (tertiary/aromatic N) is 2. The van der Waals surface area contributed by atoms with Gasteiger partial charge in [-0.2, -0.15) is 0 Å². The van der Waals surface area contributed by atoms with E-state index in [-0.39, 0.29) is 5.91 Å². The zero-order chi connectivity index (χ0) is 14.5. The first-order valence-corrected chi connectivity index (χ1v) is 7.29. The molecule has 2 aromatic rings. The van der Waals surface area contributed by atoms with E-state index in [9.17, 15) is 4.79 Å². The number of aromatic nitrogens is 2. The number of hydrogen-bond acceptors (Lipinski definition) is 4. The maximum absolute atomic E-state index is 11.7. The third kappa shape index (κ3) is 1.78. The fraction of sp³-hybridized carbons (Fsp3) is 0.308. The first-order valence-electron chi connectivity index (χ1n) is 6.12. The quantitative estimate of drug-likeness (QED) is 0.887. The summed E-state index contributed by atoms with van der Waals surface area (Å²) in [5.74, 6) is 0.318. The van der Waals surface area contributed by atoms with E-state index >= 15 is 0 Å². The molecule has 1 aliphatic carbocycles. The lowest BCUT2D eigenvalue weighted by atomic mass is 9.99. The summed E-state index contributed by atoms with van der Waals surface area (Å²) in [4.78, 5) is 20.3. The summed E-state index contributed by atoms with van der Waals surface area (Å²) >= 11 is 9.94. The van der Waals surface area contributed by atoms with E-state index in [1.807, 2.05) is 0 Å². The molecular formula is C13H12BrClN4O. The summed E-state index contributed by atoms with van der Waals surface area (Å²) in [6.45, 7) is 0. The highest BCUT2D eigenvalue weighted by atomic mass is 79.9. The Bertz CT molecular complexity index is 730. The summed E-state index contributed by atoms with van der Waals surface area (Å²) < 4.78 is 0.764. The second kappa shape index (κ2) is 4.56. The Morgan fingerprint density at radius 3 is 2.70 bits per heavy atom. The Hall–Kier alpha value is -1.40. The molecule has 0 spiro atoms. The van der Waals surface area contributed by atoms with Gasteiger partial charge in [0.1, 0.15) is 5.82 Å². The number of primary amides is 1. The first-order chi connectivity index (χ1) is 9.51. The summed E-state index contributed by atoms with van der Waals surface area (Å²) in [5, 5.41) is 5.06. The molecule has 7 heteroatoms. The Balaban J connectivity index is 2.32. The van der Waals surface area contributed by atoms with Crippen molar-refractivity contribution in [2.45, 2.75) is 18.3 Å². The SMILES string of the molecule is CNc1ncc(Br)c2c(Cl)c(C3(C(N)=O)CC3)ncc12. The Morgan fingerprint density at radius 2 is 2.15 bits per heavy atom. The van der Waals surface area contributed by atoms with Crippen molar-refractivity contribution < 1.29 is 4.79 Å². The minimum absolute atomic E-state index is 0.370. The minimum atomic E-state index is -0.701.